The first-order valence-electron chi connectivity index (χ1n) is 5.78. The third-order valence-electron chi connectivity index (χ3n) is 2.16. The summed E-state index contributed by atoms with van der Waals surface area (Å²) >= 11 is 0. The van der Waals surface area contributed by atoms with Crippen molar-refractivity contribution in [3.63, 3.8) is 0 Å². The third-order valence-corrected chi connectivity index (χ3v) is 2.16. The number of hydrogen-bond acceptors (Lipinski definition) is 4. The van der Waals surface area contributed by atoms with Crippen molar-refractivity contribution in [1.29, 1.82) is 0 Å². The highest BCUT2D eigenvalue weighted by Gasteiger charge is 1.99. The normalized spacial score (nSPS) is 9.00. The second-order valence-electron chi connectivity index (χ2n) is 3.47. The average molecular weight is 252 g/mol. The van der Waals surface area contributed by atoms with Gasteiger partial charge in [-0.15, -0.1) is 0 Å². The van der Waals surface area contributed by atoms with Crippen LogP contribution in [0.5, 0.6) is 5.75 Å². The van der Waals surface area contributed by atoms with Gasteiger partial charge in [0.2, 0.25) is 5.91 Å². The molecular weight excluding hydrogens is 232 g/mol. The van der Waals surface area contributed by atoms with E-state index in [-0.39, 0.29) is 24.5 Å². The maximum absolute atomic E-state index is 11.1. The number of phenolic OH excluding ortho intramolecular Hbond substituents is 1. The second kappa shape index (κ2) is 10.3. The molecule has 0 bridgehead atoms. The van der Waals surface area contributed by atoms with E-state index in [4.69, 9.17) is 5.11 Å². The van der Waals surface area contributed by atoms with E-state index in [9.17, 15) is 9.59 Å². The average Bonchev–Trinajstić information content (AvgIpc) is 2.41. The zero-order valence-electron chi connectivity index (χ0n) is 10.6. The monoisotopic (exact) mass is 252 g/mol. The van der Waals surface area contributed by atoms with Gasteiger partial charge in [0.15, 0.2) is 0 Å². The Morgan fingerprint density at radius 3 is 2.50 bits per heavy atom. The Hall–Kier alpha value is -1.88. The number of carbonyl (C=O) groups is 2. The minimum Gasteiger partial charge on any atom is -0.508 e. The quantitative estimate of drug-likeness (QED) is 0.647. The molecule has 100 valence electrons. The molecule has 0 saturated carbocycles. The Morgan fingerprint density at radius 2 is 1.94 bits per heavy atom. The lowest BCUT2D eigenvalue weighted by Crippen LogP contribution is -2.25. The number of aldehydes is 1. The summed E-state index contributed by atoms with van der Waals surface area (Å²) in [6.07, 6.45) is 1.97. The molecular formula is C13H20N2O3. The molecule has 5 heteroatoms. The lowest BCUT2D eigenvalue weighted by Gasteiger charge is -2.04. The van der Waals surface area contributed by atoms with Gasteiger partial charge >= 0.3 is 0 Å². The highest BCUT2D eigenvalue weighted by Crippen LogP contribution is 2.09. The summed E-state index contributed by atoms with van der Waals surface area (Å²) in [4.78, 5) is 21.2. The molecule has 0 spiro atoms. The first-order chi connectivity index (χ1) is 8.72. The number of aromatic hydroxyl groups is 1. The van der Waals surface area contributed by atoms with Crippen molar-refractivity contribution in [1.82, 2.24) is 5.32 Å². The van der Waals surface area contributed by atoms with E-state index in [0.717, 1.165) is 11.8 Å². The highest BCUT2D eigenvalue weighted by atomic mass is 16.3. The number of amides is 1. The Labute approximate surface area is 107 Å². The summed E-state index contributed by atoms with van der Waals surface area (Å²) in [6.45, 7) is 0.544. The minimum absolute atomic E-state index is 0.106. The van der Waals surface area contributed by atoms with Gasteiger partial charge in [0.05, 0.1) is 0 Å². The van der Waals surface area contributed by atoms with Crippen LogP contribution >= 0.6 is 0 Å². The molecule has 0 aliphatic rings. The maximum atomic E-state index is 11.1. The van der Waals surface area contributed by atoms with Crippen molar-refractivity contribution in [3.8, 4) is 5.75 Å². The smallest absolute Gasteiger partial charge is 0.220 e. The van der Waals surface area contributed by atoms with Gasteiger partial charge in [0.1, 0.15) is 12.0 Å². The molecule has 0 radical (unpaired) electrons. The number of carbonyl (C=O) groups excluding carboxylic acids is 2. The van der Waals surface area contributed by atoms with Crippen LogP contribution in [0.25, 0.3) is 0 Å². The van der Waals surface area contributed by atoms with Gasteiger partial charge in [-0.3, -0.25) is 4.79 Å². The van der Waals surface area contributed by atoms with E-state index in [1.807, 2.05) is 12.1 Å². The summed E-state index contributed by atoms with van der Waals surface area (Å²) in [5.74, 6) is 0.129. The van der Waals surface area contributed by atoms with Crippen LogP contribution in [-0.4, -0.2) is 30.9 Å². The number of hydrogen-bond donors (Lipinski definition) is 3. The molecule has 0 fully saturated rings. The van der Waals surface area contributed by atoms with Gasteiger partial charge in [-0.2, -0.15) is 0 Å². The molecule has 0 heterocycles. The Kier molecular flexibility index (Phi) is 9.21. The standard InChI is InChI=1S/C12H15NO3.CH5N/c14-9-1-2-12(16)13-8-7-10-3-5-11(15)6-4-10;1-2/h3-6,9,15H,1-2,7-8H2,(H,13,16);2H2,1H3. The Morgan fingerprint density at radius 1 is 1.33 bits per heavy atom. The summed E-state index contributed by atoms with van der Waals surface area (Å²) in [7, 11) is 1.50. The summed E-state index contributed by atoms with van der Waals surface area (Å²) in [5.41, 5.74) is 5.55. The summed E-state index contributed by atoms with van der Waals surface area (Å²) < 4.78 is 0. The van der Waals surface area contributed by atoms with Crippen LogP contribution in [0.3, 0.4) is 0 Å². The molecule has 1 aromatic carbocycles. The maximum Gasteiger partial charge on any atom is 0.220 e. The van der Waals surface area contributed by atoms with Crippen molar-refractivity contribution >= 4 is 12.2 Å². The molecule has 0 aliphatic carbocycles. The lowest BCUT2D eigenvalue weighted by atomic mass is 10.1. The number of nitrogens with one attached hydrogen (secondary N) is 1. The second-order valence-corrected chi connectivity index (χ2v) is 3.47. The molecule has 1 rings (SSSR count). The van der Waals surface area contributed by atoms with Gasteiger partial charge in [-0.1, -0.05) is 12.1 Å². The Balaban J connectivity index is 0.00000137. The van der Waals surface area contributed by atoms with Crippen LogP contribution in [-0.2, 0) is 16.0 Å². The molecule has 0 atom stereocenters. The fourth-order valence-electron chi connectivity index (χ4n) is 1.29. The van der Waals surface area contributed by atoms with Crippen molar-refractivity contribution in [2.45, 2.75) is 19.3 Å². The highest BCUT2D eigenvalue weighted by molar-refractivity contribution is 5.78. The number of nitrogens with two attached hydrogens (primary N) is 1. The van der Waals surface area contributed by atoms with E-state index in [1.165, 1.54) is 7.05 Å². The van der Waals surface area contributed by atoms with E-state index in [1.54, 1.807) is 12.1 Å². The van der Waals surface area contributed by atoms with Gasteiger partial charge in [-0.25, -0.2) is 0 Å². The zero-order valence-corrected chi connectivity index (χ0v) is 10.6. The largest absolute Gasteiger partial charge is 0.508 e. The van der Waals surface area contributed by atoms with Crippen molar-refractivity contribution in [2.75, 3.05) is 13.6 Å². The molecule has 1 amide bonds. The fourth-order valence-corrected chi connectivity index (χ4v) is 1.29. The molecule has 18 heavy (non-hydrogen) atoms. The Bertz CT molecular complexity index is 350. The number of benzene rings is 1. The first kappa shape index (κ1) is 16.1. The van der Waals surface area contributed by atoms with E-state index in [0.29, 0.717) is 13.0 Å². The van der Waals surface area contributed by atoms with Crippen LogP contribution in [0.15, 0.2) is 24.3 Å². The molecule has 4 N–H and O–H groups in total. The molecule has 0 aromatic heterocycles. The predicted octanol–water partition coefficient (Wildman–Crippen LogP) is 0.605. The molecule has 0 unspecified atom stereocenters. The molecule has 5 nitrogen and oxygen atoms in total. The predicted molar refractivity (Wildman–Crippen MR) is 70.2 cm³/mol. The summed E-state index contributed by atoms with van der Waals surface area (Å²) in [6, 6.07) is 6.85. The first-order valence-corrected chi connectivity index (χ1v) is 5.78. The van der Waals surface area contributed by atoms with Crippen molar-refractivity contribution in [2.24, 2.45) is 5.73 Å². The van der Waals surface area contributed by atoms with Crippen molar-refractivity contribution < 1.29 is 14.7 Å². The third kappa shape index (κ3) is 7.40. The summed E-state index contributed by atoms with van der Waals surface area (Å²) in [5, 5.41) is 11.8. The van der Waals surface area contributed by atoms with Gasteiger partial charge in [0, 0.05) is 19.4 Å². The van der Waals surface area contributed by atoms with E-state index < -0.39 is 0 Å². The zero-order chi connectivity index (χ0) is 13.8. The van der Waals surface area contributed by atoms with E-state index >= 15 is 0 Å². The fraction of sp³-hybridized carbons (Fsp3) is 0.385. The van der Waals surface area contributed by atoms with Gasteiger partial charge in [0.25, 0.3) is 0 Å². The van der Waals surface area contributed by atoms with Crippen LogP contribution in [0.1, 0.15) is 18.4 Å². The number of rotatable bonds is 6. The number of phenols is 1. The molecule has 0 aliphatic heterocycles. The van der Waals surface area contributed by atoms with Crippen LogP contribution in [0, 0.1) is 0 Å². The SMILES string of the molecule is CN.O=CCCC(=O)NCCc1ccc(O)cc1. The van der Waals surface area contributed by atoms with Gasteiger partial charge in [-0.05, 0) is 31.2 Å². The van der Waals surface area contributed by atoms with Crippen LogP contribution in [0.4, 0.5) is 0 Å². The van der Waals surface area contributed by atoms with Gasteiger partial charge < -0.3 is 21.0 Å². The van der Waals surface area contributed by atoms with Crippen molar-refractivity contribution in [3.05, 3.63) is 29.8 Å². The topological polar surface area (TPSA) is 92.4 Å². The lowest BCUT2D eigenvalue weighted by molar-refractivity contribution is -0.122. The van der Waals surface area contributed by atoms with Crippen LogP contribution in [0.2, 0.25) is 0 Å². The van der Waals surface area contributed by atoms with E-state index in [2.05, 4.69) is 11.1 Å². The molecule has 1 aromatic rings. The van der Waals surface area contributed by atoms with Crippen LogP contribution < -0.4 is 11.1 Å². The molecule has 0 saturated heterocycles. The minimum atomic E-state index is -0.106.